The van der Waals surface area contributed by atoms with Gasteiger partial charge in [-0.25, -0.2) is 4.79 Å². The molecule has 0 spiro atoms. The number of hydrogen-bond acceptors (Lipinski definition) is 3. The molecular formula is C17H24N2O4. The van der Waals surface area contributed by atoms with E-state index in [0.717, 1.165) is 6.42 Å². The van der Waals surface area contributed by atoms with E-state index >= 15 is 0 Å². The molecule has 0 aromatic heterocycles. The van der Waals surface area contributed by atoms with Crippen LogP contribution in [0, 0.1) is 6.92 Å². The normalized spacial score (nSPS) is 10.2. The molecular weight excluding hydrogens is 296 g/mol. The van der Waals surface area contributed by atoms with Gasteiger partial charge in [-0.1, -0.05) is 13.8 Å². The first kappa shape index (κ1) is 18.7. The second-order valence-electron chi connectivity index (χ2n) is 5.47. The van der Waals surface area contributed by atoms with Crippen molar-refractivity contribution < 1.29 is 19.5 Å². The molecule has 0 aliphatic carbocycles. The number of carboxylic acids is 1. The third-order valence-corrected chi connectivity index (χ3v) is 3.26. The van der Waals surface area contributed by atoms with Crippen LogP contribution in [0.5, 0.6) is 0 Å². The molecule has 0 saturated heterocycles. The van der Waals surface area contributed by atoms with Crippen LogP contribution in [0.4, 0.5) is 0 Å². The first-order valence-corrected chi connectivity index (χ1v) is 7.80. The maximum absolute atomic E-state index is 12.6. The lowest BCUT2D eigenvalue weighted by molar-refractivity contribution is -0.121. The summed E-state index contributed by atoms with van der Waals surface area (Å²) in [5, 5.41) is 11.9. The maximum atomic E-state index is 12.6. The number of aryl methyl sites for hydroxylation is 1. The summed E-state index contributed by atoms with van der Waals surface area (Å²) in [5.41, 5.74) is 1.06. The summed E-state index contributed by atoms with van der Waals surface area (Å²) in [4.78, 5) is 37.1. The monoisotopic (exact) mass is 320 g/mol. The smallest absolute Gasteiger partial charge is 0.335 e. The van der Waals surface area contributed by atoms with E-state index in [2.05, 4.69) is 5.32 Å². The molecule has 1 aromatic rings. The lowest BCUT2D eigenvalue weighted by Gasteiger charge is -2.22. The minimum absolute atomic E-state index is 0.0248. The highest BCUT2D eigenvalue weighted by molar-refractivity contribution is 5.99. The molecule has 1 aromatic carbocycles. The number of carboxylic acid groups (broad SMARTS) is 1. The Bertz CT molecular complexity index is 584. The van der Waals surface area contributed by atoms with Crippen LogP contribution in [0.2, 0.25) is 0 Å². The lowest BCUT2D eigenvalue weighted by atomic mass is 10.1. The highest BCUT2D eigenvalue weighted by Crippen LogP contribution is 2.13. The number of nitrogens with zero attached hydrogens (tertiary/aromatic N) is 1. The van der Waals surface area contributed by atoms with E-state index in [-0.39, 0.29) is 23.9 Å². The SMILES string of the molecule is CCCNC(=O)CN(CCC)C(=O)c1cc(C)cc(C(=O)O)c1. The van der Waals surface area contributed by atoms with E-state index in [0.29, 0.717) is 30.6 Å². The van der Waals surface area contributed by atoms with Crippen LogP contribution in [0.3, 0.4) is 0 Å². The first-order chi connectivity index (χ1) is 10.9. The quantitative estimate of drug-likeness (QED) is 0.767. The van der Waals surface area contributed by atoms with Gasteiger partial charge in [0.15, 0.2) is 0 Å². The molecule has 0 aliphatic rings. The third-order valence-electron chi connectivity index (χ3n) is 3.26. The fourth-order valence-corrected chi connectivity index (χ4v) is 2.23. The fraction of sp³-hybridized carbons (Fsp3) is 0.471. The zero-order valence-corrected chi connectivity index (χ0v) is 13.9. The summed E-state index contributed by atoms with van der Waals surface area (Å²) in [7, 11) is 0. The topological polar surface area (TPSA) is 86.7 Å². The number of nitrogens with one attached hydrogen (secondary N) is 1. The average Bonchev–Trinajstić information content (AvgIpc) is 2.51. The molecule has 0 radical (unpaired) electrons. The Hall–Kier alpha value is -2.37. The Morgan fingerprint density at radius 2 is 1.74 bits per heavy atom. The maximum Gasteiger partial charge on any atom is 0.335 e. The fourth-order valence-electron chi connectivity index (χ4n) is 2.23. The predicted octanol–water partition coefficient (Wildman–Crippen LogP) is 2.07. The van der Waals surface area contributed by atoms with Crippen molar-refractivity contribution in [2.45, 2.75) is 33.6 Å². The molecule has 0 bridgehead atoms. The number of carbonyl (C=O) groups is 3. The predicted molar refractivity (Wildman–Crippen MR) is 87.6 cm³/mol. The molecule has 1 rings (SSSR count). The van der Waals surface area contributed by atoms with Crippen LogP contribution in [-0.2, 0) is 4.79 Å². The molecule has 0 fully saturated rings. The minimum atomic E-state index is -1.08. The van der Waals surface area contributed by atoms with Crippen molar-refractivity contribution in [3.63, 3.8) is 0 Å². The van der Waals surface area contributed by atoms with Crippen molar-refractivity contribution >= 4 is 17.8 Å². The van der Waals surface area contributed by atoms with Crippen LogP contribution in [0.15, 0.2) is 18.2 Å². The molecule has 6 heteroatoms. The van der Waals surface area contributed by atoms with Gasteiger partial charge in [-0.05, 0) is 43.5 Å². The second kappa shape index (κ2) is 8.92. The summed E-state index contributed by atoms with van der Waals surface area (Å²) >= 11 is 0. The summed E-state index contributed by atoms with van der Waals surface area (Å²) in [6.45, 7) is 6.60. The summed E-state index contributed by atoms with van der Waals surface area (Å²) in [6.07, 6.45) is 1.54. The van der Waals surface area contributed by atoms with Gasteiger partial charge in [0, 0.05) is 18.7 Å². The van der Waals surface area contributed by atoms with E-state index in [1.165, 1.54) is 17.0 Å². The number of rotatable bonds is 8. The molecule has 0 heterocycles. The van der Waals surface area contributed by atoms with Gasteiger partial charge in [-0.2, -0.15) is 0 Å². The Labute approximate surface area is 136 Å². The number of hydrogen-bond donors (Lipinski definition) is 2. The molecule has 6 nitrogen and oxygen atoms in total. The van der Waals surface area contributed by atoms with Crippen molar-refractivity contribution in [1.82, 2.24) is 10.2 Å². The van der Waals surface area contributed by atoms with Gasteiger partial charge in [0.05, 0.1) is 12.1 Å². The molecule has 2 N–H and O–H groups in total. The Morgan fingerprint density at radius 3 is 2.30 bits per heavy atom. The first-order valence-electron chi connectivity index (χ1n) is 7.80. The van der Waals surface area contributed by atoms with E-state index in [1.807, 2.05) is 13.8 Å². The zero-order valence-electron chi connectivity index (χ0n) is 13.9. The van der Waals surface area contributed by atoms with Gasteiger partial charge in [-0.3, -0.25) is 9.59 Å². The summed E-state index contributed by atoms with van der Waals surface area (Å²) < 4.78 is 0. The van der Waals surface area contributed by atoms with Crippen molar-refractivity contribution in [2.75, 3.05) is 19.6 Å². The molecule has 0 atom stereocenters. The standard InChI is InChI=1S/C17H24N2O4/c1-4-6-18-15(20)11-19(7-5-2)16(21)13-8-12(3)9-14(10-13)17(22)23/h8-10H,4-7,11H2,1-3H3,(H,18,20)(H,22,23). The van der Waals surface area contributed by atoms with Gasteiger partial charge < -0.3 is 15.3 Å². The number of carbonyl (C=O) groups excluding carboxylic acids is 2. The molecule has 23 heavy (non-hydrogen) atoms. The van der Waals surface area contributed by atoms with Gasteiger partial charge in [0.25, 0.3) is 5.91 Å². The Morgan fingerprint density at radius 1 is 1.09 bits per heavy atom. The van der Waals surface area contributed by atoms with Gasteiger partial charge in [0.2, 0.25) is 5.91 Å². The Kier molecular flexibility index (Phi) is 7.25. The van der Waals surface area contributed by atoms with E-state index in [1.54, 1.807) is 13.0 Å². The molecule has 0 aliphatic heterocycles. The van der Waals surface area contributed by atoms with E-state index < -0.39 is 5.97 Å². The van der Waals surface area contributed by atoms with Crippen molar-refractivity contribution in [2.24, 2.45) is 0 Å². The molecule has 2 amide bonds. The van der Waals surface area contributed by atoms with E-state index in [9.17, 15) is 14.4 Å². The number of aromatic carboxylic acids is 1. The average molecular weight is 320 g/mol. The largest absolute Gasteiger partial charge is 0.478 e. The van der Waals surface area contributed by atoms with Crippen LogP contribution >= 0.6 is 0 Å². The van der Waals surface area contributed by atoms with Gasteiger partial charge in [-0.15, -0.1) is 0 Å². The van der Waals surface area contributed by atoms with Crippen molar-refractivity contribution in [1.29, 1.82) is 0 Å². The highest BCUT2D eigenvalue weighted by Gasteiger charge is 2.19. The van der Waals surface area contributed by atoms with E-state index in [4.69, 9.17) is 5.11 Å². The van der Waals surface area contributed by atoms with Crippen LogP contribution < -0.4 is 5.32 Å². The van der Waals surface area contributed by atoms with Crippen LogP contribution in [-0.4, -0.2) is 47.4 Å². The van der Waals surface area contributed by atoms with Gasteiger partial charge in [0.1, 0.15) is 0 Å². The highest BCUT2D eigenvalue weighted by atomic mass is 16.4. The molecule has 0 saturated carbocycles. The zero-order chi connectivity index (χ0) is 17.4. The second-order valence-corrected chi connectivity index (χ2v) is 5.47. The summed E-state index contributed by atoms with van der Waals surface area (Å²) in [5.74, 6) is -1.62. The van der Waals surface area contributed by atoms with Crippen LogP contribution in [0.25, 0.3) is 0 Å². The van der Waals surface area contributed by atoms with Gasteiger partial charge >= 0.3 is 5.97 Å². The van der Waals surface area contributed by atoms with Crippen molar-refractivity contribution in [3.8, 4) is 0 Å². The lowest BCUT2D eigenvalue weighted by Crippen LogP contribution is -2.41. The Balaban J connectivity index is 2.97. The molecule has 126 valence electrons. The number of amides is 2. The van der Waals surface area contributed by atoms with Crippen molar-refractivity contribution in [3.05, 3.63) is 34.9 Å². The molecule has 0 unspecified atom stereocenters. The van der Waals surface area contributed by atoms with Crippen LogP contribution in [0.1, 0.15) is 53.0 Å². The third kappa shape index (κ3) is 5.73. The summed E-state index contributed by atoms with van der Waals surface area (Å²) in [6, 6.07) is 4.50. The number of benzene rings is 1. The minimum Gasteiger partial charge on any atom is -0.478 e.